The highest BCUT2D eigenvalue weighted by Crippen LogP contribution is 2.37. The van der Waals surface area contributed by atoms with E-state index in [9.17, 15) is 4.79 Å². The number of nitrogens with one attached hydrogen (secondary N) is 2. The van der Waals surface area contributed by atoms with E-state index in [0.29, 0.717) is 28.7 Å². The first-order valence-electron chi connectivity index (χ1n) is 11.0. The molecule has 1 fully saturated rings. The van der Waals surface area contributed by atoms with Crippen LogP contribution in [-0.4, -0.2) is 47.4 Å². The fourth-order valence-corrected chi connectivity index (χ4v) is 3.43. The van der Waals surface area contributed by atoms with E-state index in [2.05, 4.69) is 34.4 Å². The van der Waals surface area contributed by atoms with Crippen molar-refractivity contribution in [3.8, 4) is 0 Å². The predicted octanol–water partition coefficient (Wildman–Crippen LogP) is 3.91. The Morgan fingerprint density at radius 3 is 2.38 bits per heavy atom. The molecule has 2 N–H and O–H groups in total. The lowest BCUT2D eigenvalue weighted by atomic mass is 9.75. The summed E-state index contributed by atoms with van der Waals surface area (Å²) in [4.78, 5) is 21.4. The third-order valence-corrected chi connectivity index (χ3v) is 6.22. The quantitative estimate of drug-likeness (QED) is 0.472. The topological polar surface area (TPSA) is 94.6 Å². The van der Waals surface area contributed by atoms with Crippen LogP contribution in [0, 0.1) is 0 Å². The summed E-state index contributed by atoms with van der Waals surface area (Å²) >= 11 is 0. The van der Waals surface area contributed by atoms with Crippen LogP contribution in [-0.2, 0) is 14.0 Å². The highest BCUT2D eigenvalue weighted by molar-refractivity contribution is 6.63. The van der Waals surface area contributed by atoms with Crippen LogP contribution in [0.2, 0.25) is 0 Å². The predicted molar refractivity (Wildman–Crippen MR) is 127 cm³/mol. The fourth-order valence-electron chi connectivity index (χ4n) is 3.43. The largest absolute Gasteiger partial charge is 0.495 e. The van der Waals surface area contributed by atoms with E-state index in [-0.39, 0.29) is 0 Å². The Labute approximate surface area is 190 Å². The average Bonchev–Trinajstić information content (AvgIpc) is 2.98. The standard InChI is InChI=1S/C23H33BN4O4/c1-8-15(9-2)26-19-12-13-25-21(28-19)27-16-10-11-18(17(14-16)20(29)30-7)24-31-22(3,4)23(5,6)32-24/h10-15H,8-9H2,1-7H3,(H2,25,26,27,28). The molecule has 172 valence electrons. The summed E-state index contributed by atoms with van der Waals surface area (Å²) in [5, 5.41) is 6.58. The molecule has 1 aromatic heterocycles. The lowest BCUT2D eigenvalue weighted by Gasteiger charge is -2.32. The van der Waals surface area contributed by atoms with Crippen molar-refractivity contribution in [2.24, 2.45) is 0 Å². The Balaban J connectivity index is 1.86. The molecular weight excluding hydrogens is 407 g/mol. The lowest BCUT2D eigenvalue weighted by Crippen LogP contribution is -2.41. The van der Waals surface area contributed by atoms with Gasteiger partial charge < -0.3 is 24.7 Å². The van der Waals surface area contributed by atoms with E-state index < -0.39 is 24.3 Å². The summed E-state index contributed by atoms with van der Waals surface area (Å²) in [7, 11) is 0.680. The van der Waals surface area contributed by atoms with Gasteiger partial charge in [-0.05, 0) is 64.2 Å². The maximum atomic E-state index is 12.6. The van der Waals surface area contributed by atoms with Crippen molar-refractivity contribution >= 4 is 36.0 Å². The number of benzene rings is 1. The number of hydrogen-bond donors (Lipinski definition) is 2. The molecule has 0 spiro atoms. The molecular formula is C23H33BN4O4. The van der Waals surface area contributed by atoms with Gasteiger partial charge in [-0.1, -0.05) is 19.9 Å². The zero-order valence-corrected chi connectivity index (χ0v) is 20.0. The average molecular weight is 440 g/mol. The molecule has 2 aromatic rings. The molecule has 1 aliphatic rings. The minimum Gasteiger partial charge on any atom is -0.465 e. The van der Waals surface area contributed by atoms with Crippen LogP contribution in [0.4, 0.5) is 17.5 Å². The summed E-state index contributed by atoms with van der Waals surface area (Å²) in [6, 6.07) is 7.55. The number of carbonyl (C=O) groups is 1. The van der Waals surface area contributed by atoms with Crippen molar-refractivity contribution in [2.75, 3.05) is 17.7 Å². The molecule has 0 saturated carbocycles. The number of esters is 1. The second kappa shape index (κ2) is 9.46. The van der Waals surface area contributed by atoms with Crippen molar-refractivity contribution in [3.05, 3.63) is 36.0 Å². The summed E-state index contributed by atoms with van der Waals surface area (Å²) < 4.78 is 17.3. The normalized spacial score (nSPS) is 16.8. The van der Waals surface area contributed by atoms with Gasteiger partial charge in [0.2, 0.25) is 5.95 Å². The molecule has 1 aromatic carbocycles. The van der Waals surface area contributed by atoms with Gasteiger partial charge in [0, 0.05) is 17.9 Å². The molecule has 1 saturated heterocycles. The van der Waals surface area contributed by atoms with Crippen LogP contribution in [0.5, 0.6) is 0 Å². The molecule has 0 amide bonds. The van der Waals surface area contributed by atoms with Crippen LogP contribution < -0.4 is 16.1 Å². The molecule has 0 unspecified atom stereocenters. The molecule has 8 nitrogen and oxygen atoms in total. The van der Waals surface area contributed by atoms with Crippen molar-refractivity contribution in [1.82, 2.24) is 9.97 Å². The summed E-state index contributed by atoms with van der Waals surface area (Å²) in [6.07, 6.45) is 3.71. The van der Waals surface area contributed by atoms with E-state index in [4.69, 9.17) is 14.0 Å². The zero-order chi connectivity index (χ0) is 23.5. The number of nitrogens with zero attached hydrogens (tertiary/aromatic N) is 2. The number of anilines is 3. The minimum absolute atomic E-state index is 0.350. The second-order valence-electron chi connectivity index (χ2n) is 8.93. The molecule has 0 atom stereocenters. The Morgan fingerprint density at radius 1 is 1.12 bits per heavy atom. The van der Waals surface area contributed by atoms with Crippen molar-refractivity contribution < 1.29 is 18.8 Å². The van der Waals surface area contributed by atoms with E-state index in [1.165, 1.54) is 7.11 Å². The Bertz CT molecular complexity index is 947. The van der Waals surface area contributed by atoms with E-state index in [1.807, 2.05) is 45.9 Å². The summed E-state index contributed by atoms with van der Waals surface area (Å²) in [6.45, 7) is 12.2. The molecule has 0 bridgehead atoms. The molecule has 2 heterocycles. The van der Waals surface area contributed by atoms with Crippen LogP contribution in [0.15, 0.2) is 30.5 Å². The molecule has 0 radical (unpaired) electrons. The lowest BCUT2D eigenvalue weighted by molar-refractivity contribution is 0.00578. The molecule has 32 heavy (non-hydrogen) atoms. The van der Waals surface area contributed by atoms with Gasteiger partial charge in [-0.2, -0.15) is 4.98 Å². The number of carbonyl (C=O) groups excluding carboxylic acids is 1. The first-order valence-corrected chi connectivity index (χ1v) is 11.0. The first kappa shape index (κ1) is 24.0. The highest BCUT2D eigenvalue weighted by atomic mass is 16.7. The second-order valence-corrected chi connectivity index (χ2v) is 8.93. The van der Waals surface area contributed by atoms with Crippen LogP contribution in [0.3, 0.4) is 0 Å². The van der Waals surface area contributed by atoms with Crippen molar-refractivity contribution in [2.45, 2.75) is 71.6 Å². The smallest absolute Gasteiger partial charge is 0.465 e. The number of aromatic nitrogens is 2. The number of ether oxygens (including phenoxy) is 1. The SMILES string of the molecule is CCC(CC)Nc1ccnc(Nc2ccc(B3OC(C)(C)C(C)(C)O3)c(C(=O)OC)c2)n1. The van der Waals surface area contributed by atoms with Gasteiger partial charge in [0.1, 0.15) is 5.82 Å². The van der Waals surface area contributed by atoms with Crippen LogP contribution in [0.25, 0.3) is 0 Å². The maximum absolute atomic E-state index is 12.6. The van der Waals surface area contributed by atoms with E-state index in [0.717, 1.165) is 18.7 Å². The molecule has 1 aliphatic heterocycles. The van der Waals surface area contributed by atoms with Gasteiger partial charge in [0.05, 0.1) is 23.9 Å². The number of methoxy groups -OCH3 is 1. The molecule has 0 aliphatic carbocycles. The Morgan fingerprint density at radius 2 is 1.78 bits per heavy atom. The summed E-state index contributed by atoms with van der Waals surface area (Å²) in [5.41, 5.74) is 0.606. The molecule has 3 rings (SSSR count). The first-order chi connectivity index (χ1) is 15.1. The number of hydrogen-bond acceptors (Lipinski definition) is 8. The van der Waals surface area contributed by atoms with E-state index >= 15 is 0 Å². The third-order valence-electron chi connectivity index (χ3n) is 6.22. The maximum Gasteiger partial charge on any atom is 0.495 e. The van der Waals surface area contributed by atoms with Crippen LogP contribution in [0.1, 0.15) is 64.7 Å². The van der Waals surface area contributed by atoms with Crippen LogP contribution >= 0.6 is 0 Å². The van der Waals surface area contributed by atoms with E-state index in [1.54, 1.807) is 12.3 Å². The Kier molecular flexibility index (Phi) is 7.10. The van der Waals surface area contributed by atoms with Gasteiger partial charge >= 0.3 is 13.1 Å². The van der Waals surface area contributed by atoms with Gasteiger partial charge in [-0.25, -0.2) is 9.78 Å². The zero-order valence-electron chi connectivity index (χ0n) is 20.0. The molecule has 9 heteroatoms. The number of rotatable bonds is 8. The monoisotopic (exact) mass is 440 g/mol. The summed E-state index contributed by atoms with van der Waals surface area (Å²) in [5.74, 6) is 0.710. The fraction of sp³-hybridized carbons (Fsp3) is 0.522. The van der Waals surface area contributed by atoms with Crippen molar-refractivity contribution in [3.63, 3.8) is 0 Å². The van der Waals surface area contributed by atoms with Gasteiger partial charge in [0.25, 0.3) is 0 Å². The van der Waals surface area contributed by atoms with Crippen molar-refractivity contribution in [1.29, 1.82) is 0 Å². The van der Waals surface area contributed by atoms with Gasteiger partial charge in [-0.15, -0.1) is 0 Å². The minimum atomic E-state index is -0.674. The van der Waals surface area contributed by atoms with Gasteiger partial charge in [0.15, 0.2) is 0 Å². The van der Waals surface area contributed by atoms with Gasteiger partial charge in [-0.3, -0.25) is 0 Å². The third kappa shape index (κ3) is 5.05. The highest BCUT2D eigenvalue weighted by Gasteiger charge is 2.52. The Hall–Kier alpha value is -2.65.